The van der Waals surface area contributed by atoms with Crippen LogP contribution in [0.1, 0.15) is 24.0 Å². The van der Waals surface area contributed by atoms with Crippen LogP contribution in [0.2, 0.25) is 0 Å². The van der Waals surface area contributed by atoms with Crippen LogP contribution in [0.5, 0.6) is 0 Å². The summed E-state index contributed by atoms with van der Waals surface area (Å²) in [4.78, 5) is 0. The Morgan fingerprint density at radius 2 is 2.00 bits per heavy atom. The molecule has 4 nitrogen and oxygen atoms in total. The molecular weight excluding hydrogens is 420 g/mol. The van der Waals surface area contributed by atoms with Crippen molar-refractivity contribution in [3.8, 4) is 0 Å². The molecule has 1 atom stereocenters. The summed E-state index contributed by atoms with van der Waals surface area (Å²) in [6, 6.07) is 4.20. The van der Waals surface area contributed by atoms with Crippen molar-refractivity contribution in [1.29, 1.82) is 0 Å². The third-order valence-electron chi connectivity index (χ3n) is 4.62. The third kappa shape index (κ3) is 2.64. The van der Waals surface area contributed by atoms with Gasteiger partial charge in [0.2, 0.25) is 5.60 Å². The molecule has 0 spiro atoms. The Balaban J connectivity index is 2.02. The number of hydrogen-bond donors (Lipinski definition) is 1. The first-order chi connectivity index (χ1) is 12.2. The average molecular weight is 433 g/mol. The molecule has 1 aliphatic heterocycles. The Labute approximate surface area is 154 Å². The summed E-state index contributed by atoms with van der Waals surface area (Å²) < 4.78 is 63.0. The quantitative estimate of drug-likeness (QED) is 0.440. The van der Waals surface area contributed by atoms with Crippen molar-refractivity contribution in [1.82, 2.24) is 0 Å². The number of nitrogens with zero attached hydrogens (tertiary/aromatic N) is 1. The van der Waals surface area contributed by atoms with Crippen molar-refractivity contribution in [2.24, 2.45) is 5.92 Å². The summed E-state index contributed by atoms with van der Waals surface area (Å²) >= 11 is 3.06. The molecule has 1 N–H and O–H groups in total. The summed E-state index contributed by atoms with van der Waals surface area (Å²) in [5.74, 6) is -1.07. The van der Waals surface area contributed by atoms with Gasteiger partial charge in [-0.1, -0.05) is 0 Å². The maximum atomic E-state index is 14.4. The monoisotopic (exact) mass is 432 g/mol. The van der Waals surface area contributed by atoms with E-state index in [9.17, 15) is 22.8 Å². The molecule has 0 radical (unpaired) electrons. The molecule has 1 aromatic heterocycles. The molecule has 1 fully saturated rings. The van der Waals surface area contributed by atoms with E-state index in [2.05, 4.69) is 21.2 Å². The van der Waals surface area contributed by atoms with E-state index < -0.39 is 28.7 Å². The Morgan fingerprint density at radius 3 is 2.65 bits per heavy atom. The standard InChI is InChI=1S/C17H13BrF4N2O2/c18-10-5-13-15(24(25)7-10)23-14-4-3-11(19)6-12(14)16(13,17(20,21)22)26-8-9-1-2-9/h3-7,9,23H,1-2,8H2. The second kappa shape index (κ2) is 5.82. The maximum Gasteiger partial charge on any atom is 0.426 e. The summed E-state index contributed by atoms with van der Waals surface area (Å²) in [5, 5.41) is 14.9. The Kier molecular flexibility index (Phi) is 3.92. The molecule has 0 amide bonds. The van der Waals surface area contributed by atoms with Crippen LogP contribution in [-0.4, -0.2) is 12.8 Å². The van der Waals surface area contributed by atoms with Gasteiger partial charge < -0.3 is 9.94 Å². The van der Waals surface area contributed by atoms with Gasteiger partial charge in [0, 0.05) is 5.56 Å². The zero-order valence-electron chi connectivity index (χ0n) is 13.2. The second-order valence-electron chi connectivity index (χ2n) is 6.49. The highest BCUT2D eigenvalue weighted by molar-refractivity contribution is 9.10. The number of alkyl halides is 3. The smallest absolute Gasteiger partial charge is 0.426 e. The number of nitrogens with one attached hydrogen (secondary N) is 1. The van der Waals surface area contributed by atoms with Crippen molar-refractivity contribution < 1.29 is 27.0 Å². The summed E-state index contributed by atoms with van der Waals surface area (Å²) in [7, 11) is 0. The lowest BCUT2D eigenvalue weighted by atomic mass is 9.81. The van der Waals surface area contributed by atoms with E-state index in [1.54, 1.807) is 0 Å². The molecule has 0 saturated heterocycles. The number of halogens is 5. The van der Waals surface area contributed by atoms with Gasteiger partial charge in [-0.05, 0) is 59.0 Å². The van der Waals surface area contributed by atoms with Crippen LogP contribution in [0.25, 0.3) is 0 Å². The van der Waals surface area contributed by atoms with Crippen LogP contribution < -0.4 is 10.0 Å². The van der Waals surface area contributed by atoms with Gasteiger partial charge in [0.1, 0.15) is 17.7 Å². The number of benzene rings is 1. The van der Waals surface area contributed by atoms with E-state index in [0.29, 0.717) is 4.73 Å². The van der Waals surface area contributed by atoms with E-state index in [4.69, 9.17) is 4.74 Å². The maximum absolute atomic E-state index is 14.4. The highest BCUT2D eigenvalue weighted by Gasteiger charge is 2.64. The first-order valence-corrected chi connectivity index (χ1v) is 8.72. The fourth-order valence-electron chi connectivity index (χ4n) is 3.19. The molecule has 4 rings (SSSR count). The van der Waals surface area contributed by atoms with Crippen LogP contribution in [0.3, 0.4) is 0 Å². The fourth-order valence-corrected chi connectivity index (χ4v) is 3.60. The summed E-state index contributed by atoms with van der Waals surface area (Å²) in [5.41, 5.74) is -3.73. The Morgan fingerprint density at radius 1 is 1.27 bits per heavy atom. The fraction of sp³-hybridized carbons (Fsp3) is 0.353. The molecule has 0 bridgehead atoms. The minimum Gasteiger partial charge on any atom is -0.711 e. The lowest BCUT2D eigenvalue weighted by Gasteiger charge is -2.39. The van der Waals surface area contributed by atoms with Gasteiger partial charge in [0.05, 0.1) is 16.6 Å². The number of ether oxygens (including phenoxy) is 1. The summed E-state index contributed by atoms with van der Waals surface area (Å²) in [6.07, 6.45) is -2.23. The van der Waals surface area contributed by atoms with Gasteiger partial charge in [-0.25, -0.2) is 14.4 Å². The molecular formula is C17H13BrF4N2O2. The molecule has 1 unspecified atom stereocenters. The highest BCUT2D eigenvalue weighted by atomic mass is 79.9. The molecule has 9 heteroatoms. The first kappa shape index (κ1) is 17.5. The van der Waals surface area contributed by atoms with Crippen molar-refractivity contribution in [2.45, 2.75) is 24.6 Å². The van der Waals surface area contributed by atoms with E-state index in [-0.39, 0.29) is 28.5 Å². The van der Waals surface area contributed by atoms with E-state index >= 15 is 0 Å². The minimum atomic E-state index is -4.91. The van der Waals surface area contributed by atoms with Gasteiger partial charge in [-0.3, -0.25) is 0 Å². The molecule has 26 heavy (non-hydrogen) atoms. The van der Waals surface area contributed by atoms with E-state index in [1.165, 1.54) is 12.1 Å². The molecule has 2 heterocycles. The van der Waals surface area contributed by atoms with Crippen LogP contribution in [-0.2, 0) is 10.3 Å². The van der Waals surface area contributed by atoms with Crippen LogP contribution in [0, 0.1) is 16.9 Å². The van der Waals surface area contributed by atoms with Crippen molar-refractivity contribution in [3.63, 3.8) is 0 Å². The lowest BCUT2D eigenvalue weighted by Crippen LogP contribution is -2.51. The van der Waals surface area contributed by atoms with Gasteiger partial charge in [0.15, 0.2) is 0 Å². The van der Waals surface area contributed by atoms with Crippen molar-refractivity contribution >= 4 is 27.4 Å². The number of hydrogen-bond acceptors (Lipinski definition) is 3. The van der Waals surface area contributed by atoms with Gasteiger partial charge in [-0.2, -0.15) is 13.2 Å². The zero-order chi connectivity index (χ0) is 18.7. The second-order valence-corrected chi connectivity index (χ2v) is 7.41. The van der Waals surface area contributed by atoms with Gasteiger partial charge >= 0.3 is 6.18 Å². The Hall–Kier alpha value is -1.87. The van der Waals surface area contributed by atoms with Gasteiger partial charge in [0.25, 0.3) is 5.82 Å². The number of pyridine rings is 1. The van der Waals surface area contributed by atoms with Crippen molar-refractivity contribution in [2.75, 3.05) is 11.9 Å². The molecule has 1 aliphatic carbocycles. The number of anilines is 2. The first-order valence-electron chi connectivity index (χ1n) is 7.93. The predicted octanol–water partition coefficient (Wildman–Crippen LogP) is 4.51. The lowest BCUT2D eigenvalue weighted by molar-refractivity contribution is -0.591. The largest absolute Gasteiger partial charge is 0.711 e. The highest BCUT2D eigenvalue weighted by Crippen LogP contribution is 2.55. The number of rotatable bonds is 3. The molecule has 138 valence electrons. The van der Waals surface area contributed by atoms with Crippen LogP contribution in [0.15, 0.2) is 34.9 Å². The van der Waals surface area contributed by atoms with Gasteiger partial charge in [-0.15, -0.1) is 0 Å². The van der Waals surface area contributed by atoms with Crippen LogP contribution >= 0.6 is 15.9 Å². The molecule has 1 saturated carbocycles. The minimum absolute atomic E-state index is 0.0149. The number of aromatic nitrogens is 1. The molecule has 1 aromatic carbocycles. The van der Waals surface area contributed by atoms with Crippen LogP contribution in [0.4, 0.5) is 29.1 Å². The van der Waals surface area contributed by atoms with E-state index in [0.717, 1.165) is 31.2 Å². The zero-order valence-corrected chi connectivity index (χ0v) is 14.8. The average Bonchev–Trinajstić information content (AvgIpc) is 3.35. The summed E-state index contributed by atoms with van der Waals surface area (Å²) in [6.45, 7) is -0.125. The molecule has 2 aliphatic rings. The molecule has 2 aromatic rings. The topological polar surface area (TPSA) is 48.2 Å². The number of fused-ring (bicyclic) bond motifs is 2. The van der Waals surface area contributed by atoms with E-state index in [1.807, 2.05) is 0 Å². The van der Waals surface area contributed by atoms with Crippen molar-refractivity contribution in [3.05, 3.63) is 57.1 Å². The SMILES string of the molecule is [O-][n+]1cc(Br)cc2c1Nc1ccc(F)cc1C2(OCC1CC1)C(F)(F)F. The normalized spacial score (nSPS) is 21.7. The third-order valence-corrected chi connectivity index (χ3v) is 5.06. The predicted molar refractivity (Wildman–Crippen MR) is 88.3 cm³/mol. The Bertz CT molecular complexity index is 886.